The highest BCUT2D eigenvalue weighted by Crippen LogP contribution is 2.46. The Hall–Kier alpha value is -0.860. The van der Waals surface area contributed by atoms with Gasteiger partial charge in [-0.05, 0) is 12.5 Å². The first kappa shape index (κ1) is 17.5. The highest BCUT2D eigenvalue weighted by atomic mass is 35.5. The molecule has 1 aliphatic heterocycles. The van der Waals surface area contributed by atoms with Gasteiger partial charge in [-0.25, -0.2) is 0 Å². The number of fused-ring (bicyclic) bond motifs is 1. The van der Waals surface area contributed by atoms with Crippen molar-refractivity contribution in [2.24, 2.45) is 0 Å². The quantitative estimate of drug-likeness (QED) is 0.771. The van der Waals surface area contributed by atoms with E-state index in [0.29, 0.717) is 30.0 Å². The molecule has 1 aromatic rings. The van der Waals surface area contributed by atoms with E-state index < -0.39 is 16.1 Å². The fraction of sp³-hybridized carbons (Fsp3) is 0.571. The lowest BCUT2D eigenvalue weighted by molar-refractivity contribution is -0.234. The second-order valence-electron chi connectivity index (χ2n) is 5.14. The molecule has 0 saturated heterocycles. The zero-order chi connectivity index (χ0) is 16.4. The fourth-order valence-corrected chi connectivity index (χ4v) is 3.11. The van der Waals surface area contributed by atoms with Crippen molar-refractivity contribution in [3.63, 3.8) is 0 Å². The number of ether oxygens (including phenoxy) is 2. The van der Waals surface area contributed by atoms with Crippen molar-refractivity contribution >= 4 is 21.9 Å². The number of benzene rings is 1. The van der Waals surface area contributed by atoms with Crippen molar-refractivity contribution in [2.45, 2.75) is 45.0 Å². The van der Waals surface area contributed by atoms with Crippen LogP contribution in [0.25, 0.3) is 0 Å². The first-order chi connectivity index (χ1) is 10.3. The number of para-hydroxylation sites is 1. The number of nitrogens with one attached hydrogen (secondary N) is 1. The topological polar surface area (TPSA) is 84.9 Å². The molecule has 0 fully saturated rings. The molecule has 0 amide bonds. The van der Waals surface area contributed by atoms with Gasteiger partial charge in [-0.3, -0.25) is 4.55 Å². The summed E-state index contributed by atoms with van der Waals surface area (Å²) in [6.45, 7) is 3.97. The summed E-state index contributed by atoms with van der Waals surface area (Å²) >= 11 is 6.22. The number of hydrogen-bond acceptors (Lipinski definition) is 4. The predicted molar refractivity (Wildman–Crippen MR) is 83.4 cm³/mol. The Morgan fingerprint density at radius 1 is 1.36 bits per heavy atom. The Labute approximate surface area is 135 Å². The van der Waals surface area contributed by atoms with E-state index in [1.165, 1.54) is 0 Å². The van der Waals surface area contributed by atoms with Gasteiger partial charge in [0.15, 0.2) is 0 Å². The average Bonchev–Trinajstić information content (AvgIpc) is 2.46. The maximum Gasteiger partial charge on any atom is 0.333 e. The molecule has 1 atom stereocenters. The number of hydrogen-bond donors (Lipinski definition) is 2. The van der Waals surface area contributed by atoms with Gasteiger partial charge in [-0.15, -0.1) is 0 Å². The highest BCUT2D eigenvalue weighted by molar-refractivity contribution is 7.83. The molecule has 1 heterocycles. The van der Waals surface area contributed by atoms with Crippen molar-refractivity contribution in [3.05, 3.63) is 28.8 Å². The van der Waals surface area contributed by atoms with Crippen LogP contribution in [0.5, 0.6) is 5.75 Å². The number of halogens is 1. The van der Waals surface area contributed by atoms with Gasteiger partial charge >= 0.3 is 10.3 Å². The maximum atomic E-state index is 10.8. The first-order valence-corrected chi connectivity index (χ1v) is 8.99. The molecule has 0 spiro atoms. The van der Waals surface area contributed by atoms with Crippen molar-refractivity contribution in [1.82, 2.24) is 4.72 Å². The third-order valence-corrected chi connectivity index (χ3v) is 4.62. The largest absolute Gasteiger partial charge is 0.460 e. The van der Waals surface area contributed by atoms with Crippen LogP contribution in [0.4, 0.5) is 0 Å². The van der Waals surface area contributed by atoms with Crippen LogP contribution in [0.1, 0.15) is 44.8 Å². The Morgan fingerprint density at radius 3 is 2.64 bits per heavy atom. The molecule has 2 N–H and O–H groups in total. The SMILES string of the molecule is CCC1(CC)Oc2c(Cl)cccc2C(CCNS(=O)(=O)O)O1. The monoisotopic (exact) mass is 349 g/mol. The van der Waals surface area contributed by atoms with E-state index in [0.717, 1.165) is 5.56 Å². The summed E-state index contributed by atoms with van der Waals surface area (Å²) in [5, 5.41) is 0.500. The molecule has 0 radical (unpaired) electrons. The van der Waals surface area contributed by atoms with Gasteiger partial charge in [0.1, 0.15) is 5.75 Å². The lowest BCUT2D eigenvalue weighted by Gasteiger charge is -2.41. The van der Waals surface area contributed by atoms with Gasteiger partial charge in [-0.2, -0.15) is 13.1 Å². The van der Waals surface area contributed by atoms with Gasteiger partial charge in [0.2, 0.25) is 5.79 Å². The summed E-state index contributed by atoms with van der Waals surface area (Å²) in [4.78, 5) is 0. The van der Waals surface area contributed by atoms with Gasteiger partial charge in [-0.1, -0.05) is 37.6 Å². The molecule has 0 bridgehead atoms. The summed E-state index contributed by atoms with van der Waals surface area (Å²) in [6.07, 6.45) is 1.27. The van der Waals surface area contributed by atoms with Crippen LogP contribution in [0.3, 0.4) is 0 Å². The van der Waals surface area contributed by atoms with Crippen molar-refractivity contribution in [2.75, 3.05) is 6.54 Å². The van der Waals surface area contributed by atoms with Crippen molar-refractivity contribution in [3.8, 4) is 5.75 Å². The lowest BCUT2D eigenvalue weighted by atomic mass is 10.0. The average molecular weight is 350 g/mol. The Kier molecular flexibility index (Phi) is 5.34. The summed E-state index contributed by atoms with van der Waals surface area (Å²) in [7, 11) is -4.21. The standard InChI is InChI=1S/C14H20ClNO5S/c1-3-14(4-2)20-12(8-9-16-22(17,18)19)10-6-5-7-11(15)13(10)21-14/h5-7,12,16H,3-4,8-9H2,1-2H3,(H,17,18,19). The van der Waals surface area contributed by atoms with Crippen LogP contribution in [0, 0.1) is 0 Å². The zero-order valence-electron chi connectivity index (χ0n) is 12.5. The zero-order valence-corrected chi connectivity index (χ0v) is 14.1. The van der Waals surface area contributed by atoms with E-state index in [2.05, 4.69) is 4.72 Å². The van der Waals surface area contributed by atoms with Crippen LogP contribution in [-0.2, 0) is 15.0 Å². The van der Waals surface area contributed by atoms with E-state index in [4.69, 9.17) is 25.6 Å². The minimum Gasteiger partial charge on any atom is -0.460 e. The molecule has 1 aromatic carbocycles. The third-order valence-electron chi connectivity index (χ3n) is 3.76. The van der Waals surface area contributed by atoms with Crippen LogP contribution in [0.15, 0.2) is 18.2 Å². The van der Waals surface area contributed by atoms with Gasteiger partial charge < -0.3 is 9.47 Å². The van der Waals surface area contributed by atoms with E-state index >= 15 is 0 Å². The molecule has 6 nitrogen and oxygen atoms in total. The molecule has 1 unspecified atom stereocenters. The highest BCUT2D eigenvalue weighted by Gasteiger charge is 2.40. The van der Waals surface area contributed by atoms with E-state index in [-0.39, 0.29) is 12.6 Å². The molecule has 2 rings (SSSR count). The fourth-order valence-electron chi connectivity index (χ4n) is 2.51. The molecular formula is C14H20ClNO5S. The molecule has 0 aromatic heterocycles. The minimum absolute atomic E-state index is 0.0545. The van der Waals surface area contributed by atoms with E-state index in [1.807, 2.05) is 19.9 Å². The van der Waals surface area contributed by atoms with Gasteiger partial charge in [0, 0.05) is 24.9 Å². The summed E-state index contributed by atoms with van der Waals surface area (Å²) in [6, 6.07) is 5.38. The molecule has 0 saturated carbocycles. The Balaban J connectivity index is 2.26. The molecule has 1 aliphatic rings. The molecule has 124 valence electrons. The Morgan fingerprint density at radius 2 is 2.05 bits per heavy atom. The molecule has 8 heteroatoms. The second kappa shape index (κ2) is 6.72. The van der Waals surface area contributed by atoms with Crippen LogP contribution in [-0.4, -0.2) is 25.3 Å². The van der Waals surface area contributed by atoms with Crippen molar-refractivity contribution in [1.29, 1.82) is 0 Å². The number of rotatable bonds is 6. The molecule has 0 aliphatic carbocycles. The lowest BCUT2D eigenvalue weighted by Crippen LogP contribution is -2.43. The summed E-state index contributed by atoms with van der Waals surface area (Å²) < 4.78 is 44.4. The van der Waals surface area contributed by atoms with Crippen LogP contribution in [0.2, 0.25) is 5.02 Å². The van der Waals surface area contributed by atoms with Crippen molar-refractivity contribution < 1.29 is 22.4 Å². The van der Waals surface area contributed by atoms with Gasteiger partial charge in [0.05, 0.1) is 11.1 Å². The smallest absolute Gasteiger partial charge is 0.333 e. The molecule has 22 heavy (non-hydrogen) atoms. The first-order valence-electron chi connectivity index (χ1n) is 7.17. The second-order valence-corrected chi connectivity index (χ2v) is 6.79. The molecular weight excluding hydrogens is 330 g/mol. The maximum absolute atomic E-state index is 10.8. The third kappa shape index (κ3) is 3.91. The predicted octanol–water partition coefficient (Wildman–Crippen LogP) is 3.09. The normalized spacial score (nSPS) is 20.3. The van der Waals surface area contributed by atoms with Gasteiger partial charge in [0.25, 0.3) is 0 Å². The summed E-state index contributed by atoms with van der Waals surface area (Å²) in [5.41, 5.74) is 0.780. The minimum atomic E-state index is -4.21. The van der Waals surface area contributed by atoms with E-state index in [1.54, 1.807) is 12.1 Å². The Bertz CT molecular complexity index is 630. The summed E-state index contributed by atoms with van der Waals surface area (Å²) in [5.74, 6) is -0.197. The van der Waals surface area contributed by atoms with Crippen LogP contribution < -0.4 is 9.46 Å². The van der Waals surface area contributed by atoms with E-state index in [9.17, 15) is 8.42 Å². The van der Waals surface area contributed by atoms with Crippen LogP contribution >= 0.6 is 11.6 Å².